The number of benzene rings is 2. The van der Waals surface area contributed by atoms with E-state index in [1.54, 1.807) is 19.1 Å². The number of aromatic hydroxyl groups is 1. The maximum absolute atomic E-state index is 12.4. The second kappa shape index (κ2) is 8.02. The normalized spacial score (nSPS) is 10.9. The highest BCUT2D eigenvalue weighted by molar-refractivity contribution is 6.09. The number of phenols is 1. The van der Waals surface area contributed by atoms with Gasteiger partial charge >= 0.3 is 0 Å². The molecule has 0 bridgehead atoms. The van der Waals surface area contributed by atoms with Crippen molar-refractivity contribution in [2.75, 3.05) is 11.9 Å². The first kappa shape index (κ1) is 18.1. The Morgan fingerprint density at radius 2 is 1.92 bits per heavy atom. The van der Waals surface area contributed by atoms with E-state index in [2.05, 4.69) is 5.32 Å². The lowest BCUT2D eigenvalue weighted by molar-refractivity contribution is -0.112. The predicted molar refractivity (Wildman–Crippen MR) is 97.4 cm³/mol. The quantitative estimate of drug-likeness (QED) is 0.640. The van der Waals surface area contributed by atoms with Crippen molar-refractivity contribution in [2.24, 2.45) is 0 Å². The number of anilines is 1. The third-order valence-electron chi connectivity index (χ3n) is 3.44. The van der Waals surface area contributed by atoms with Crippen LogP contribution in [0.5, 0.6) is 11.5 Å². The molecule has 0 saturated carbocycles. The lowest BCUT2D eigenvalue weighted by Crippen LogP contribution is -2.13. The van der Waals surface area contributed by atoms with E-state index in [-0.39, 0.29) is 11.3 Å². The van der Waals surface area contributed by atoms with E-state index in [4.69, 9.17) is 4.74 Å². The molecule has 0 spiro atoms. The van der Waals surface area contributed by atoms with Crippen LogP contribution in [0.2, 0.25) is 0 Å². The third-order valence-corrected chi connectivity index (χ3v) is 3.44. The molecule has 2 aromatic carbocycles. The van der Waals surface area contributed by atoms with Gasteiger partial charge in [-0.2, -0.15) is 5.26 Å². The highest BCUT2D eigenvalue weighted by Gasteiger charge is 2.11. The number of phenolic OH excluding ortho intramolecular Hbond substituents is 1. The number of carbonyl (C=O) groups excluding carboxylic acids is 1. The smallest absolute Gasteiger partial charge is 0.266 e. The first-order valence-corrected chi connectivity index (χ1v) is 7.90. The summed E-state index contributed by atoms with van der Waals surface area (Å²) >= 11 is 0. The summed E-state index contributed by atoms with van der Waals surface area (Å²) in [4.78, 5) is 12.4. The van der Waals surface area contributed by atoms with E-state index in [1.807, 2.05) is 38.1 Å². The van der Waals surface area contributed by atoms with Crippen molar-refractivity contribution in [2.45, 2.75) is 20.8 Å². The van der Waals surface area contributed by atoms with E-state index in [0.29, 0.717) is 23.6 Å². The minimum absolute atomic E-state index is 0.0113. The largest absolute Gasteiger partial charge is 0.504 e. The summed E-state index contributed by atoms with van der Waals surface area (Å²) in [5.41, 5.74) is 3.25. The summed E-state index contributed by atoms with van der Waals surface area (Å²) in [5.74, 6) is -0.168. The molecule has 0 heterocycles. The molecule has 128 valence electrons. The number of hydrogen-bond acceptors (Lipinski definition) is 4. The fourth-order valence-corrected chi connectivity index (χ4v) is 2.45. The van der Waals surface area contributed by atoms with Gasteiger partial charge in [0.1, 0.15) is 11.6 Å². The first-order chi connectivity index (χ1) is 11.9. The molecule has 0 radical (unpaired) electrons. The molecule has 0 aliphatic rings. The van der Waals surface area contributed by atoms with Crippen LogP contribution in [0, 0.1) is 25.2 Å². The number of nitrogens with zero attached hydrogens (tertiary/aromatic N) is 1. The number of nitriles is 1. The fourth-order valence-electron chi connectivity index (χ4n) is 2.45. The molecule has 0 saturated heterocycles. The van der Waals surface area contributed by atoms with E-state index in [1.165, 1.54) is 12.1 Å². The highest BCUT2D eigenvalue weighted by Crippen LogP contribution is 2.27. The molecule has 2 aromatic rings. The molecular formula is C20H20N2O3. The van der Waals surface area contributed by atoms with Gasteiger partial charge in [-0.15, -0.1) is 0 Å². The second-order valence-electron chi connectivity index (χ2n) is 5.66. The molecular weight excluding hydrogens is 316 g/mol. The van der Waals surface area contributed by atoms with Gasteiger partial charge in [0, 0.05) is 5.69 Å². The molecule has 5 heteroatoms. The van der Waals surface area contributed by atoms with Gasteiger partial charge < -0.3 is 15.2 Å². The van der Waals surface area contributed by atoms with Crippen LogP contribution < -0.4 is 10.1 Å². The van der Waals surface area contributed by atoms with Gasteiger partial charge in [-0.1, -0.05) is 12.1 Å². The minimum atomic E-state index is -0.487. The molecule has 5 nitrogen and oxygen atoms in total. The lowest BCUT2D eigenvalue weighted by Gasteiger charge is -2.08. The van der Waals surface area contributed by atoms with Gasteiger partial charge in [0.15, 0.2) is 11.5 Å². The number of ether oxygens (including phenoxy) is 1. The summed E-state index contributed by atoms with van der Waals surface area (Å²) in [6.07, 6.45) is 1.46. The van der Waals surface area contributed by atoms with E-state index >= 15 is 0 Å². The Morgan fingerprint density at radius 3 is 2.52 bits per heavy atom. The van der Waals surface area contributed by atoms with Gasteiger partial charge in [-0.3, -0.25) is 4.79 Å². The zero-order chi connectivity index (χ0) is 18.4. The lowest BCUT2D eigenvalue weighted by atomic mass is 10.1. The number of carbonyl (C=O) groups is 1. The Hall–Kier alpha value is -3.26. The summed E-state index contributed by atoms with van der Waals surface area (Å²) < 4.78 is 5.31. The summed E-state index contributed by atoms with van der Waals surface area (Å²) in [5, 5.41) is 21.8. The van der Waals surface area contributed by atoms with Crippen LogP contribution >= 0.6 is 0 Å². The Morgan fingerprint density at radius 1 is 1.24 bits per heavy atom. The molecule has 0 aliphatic carbocycles. The topological polar surface area (TPSA) is 82.3 Å². The molecule has 0 aromatic heterocycles. The van der Waals surface area contributed by atoms with Crippen molar-refractivity contribution < 1.29 is 14.6 Å². The van der Waals surface area contributed by atoms with Crippen LogP contribution in [0.4, 0.5) is 5.69 Å². The first-order valence-electron chi connectivity index (χ1n) is 7.90. The van der Waals surface area contributed by atoms with E-state index < -0.39 is 5.91 Å². The maximum Gasteiger partial charge on any atom is 0.266 e. The van der Waals surface area contributed by atoms with Crippen molar-refractivity contribution in [3.05, 3.63) is 58.7 Å². The van der Waals surface area contributed by atoms with Crippen LogP contribution in [-0.2, 0) is 4.79 Å². The van der Waals surface area contributed by atoms with Gasteiger partial charge in [-0.05, 0) is 67.8 Å². The summed E-state index contributed by atoms with van der Waals surface area (Å²) in [6, 6.07) is 12.3. The van der Waals surface area contributed by atoms with Crippen molar-refractivity contribution in [3.8, 4) is 17.6 Å². The van der Waals surface area contributed by atoms with Crippen LogP contribution in [-0.4, -0.2) is 17.6 Å². The van der Waals surface area contributed by atoms with Gasteiger partial charge in [0.25, 0.3) is 5.91 Å². The summed E-state index contributed by atoms with van der Waals surface area (Å²) in [7, 11) is 0. The molecule has 25 heavy (non-hydrogen) atoms. The van der Waals surface area contributed by atoms with E-state index in [9.17, 15) is 15.2 Å². The average molecular weight is 336 g/mol. The molecule has 2 N–H and O–H groups in total. The monoisotopic (exact) mass is 336 g/mol. The van der Waals surface area contributed by atoms with Gasteiger partial charge in [0.05, 0.1) is 6.61 Å². The van der Waals surface area contributed by atoms with Gasteiger partial charge in [-0.25, -0.2) is 0 Å². The van der Waals surface area contributed by atoms with Crippen LogP contribution in [0.3, 0.4) is 0 Å². The second-order valence-corrected chi connectivity index (χ2v) is 5.66. The third kappa shape index (κ3) is 4.85. The minimum Gasteiger partial charge on any atom is -0.504 e. The highest BCUT2D eigenvalue weighted by atomic mass is 16.5. The fraction of sp³-hybridized carbons (Fsp3) is 0.200. The number of rotatable bonds is 5. The molecule has 2 rings (SSSR count). The molecule has 0 atom stereocenters. The Bertz CT molecular complexity index is 843. The van der Waals surface area contributed by atoms with Crippen molar-refractivity contribution in [1.29, 1.82) is 5.26 Å². The average Bonchev–Trinajstić information content (AvgIpc) is 2.54. The van der Waals surface area contributed by atoms with E-state index in [0.717, 1.165) is 11.1 Å². The van der Waals surface area contributed by atoms with Crippen LogP contribution in [0.1, 0.15) is 23.6 Å². The zero-order valence-corrected chi connectivity index (χ0v) is 14.5. The number of nitrogens with one attached hydrogen (secondary N) is 1. The number of amides is 1. The van der Waals surface area contributed by atoms with Crippen molar-refractivity contribution >= 4 is 17.7 Å². The Labute approximate surface area is 147 Å². The molecule has 0 unspecified atom stereocenters. The standard InChI is InChI=1S/C20H20N2O3/c1-4-25-19-11-15(5-6-18(19)23)10-16(12-21)20(24)22-17-8-13(2)7-14(3)9-17/h5-11,23H,4H2,1-3H3,(H,22,24). The molecule has 0 fully saturated rings. The SMILES string of the molecule is CCOc1cc(C=C(C#N)C(=O)Nc2cc(C)cc(C)c2)ccc1O. The maximum atomic E-state index is 12.4. The Kier molecular flexibility index (Phi) is 5.80. The molecule has 1 amide bonds. The van der Waals surface area contributed by atoms with Crippen molar-refractivity contribution in [3.63, 3.8) is 0 Å². The molecule has 0 aliphatic heterocycles. The van der Waals surface area contributed by atoms with Crippen LogP contribution in [0.25, 0.3) is 6.08 Å². The van der Waals surface area contributed by atoms with Gasteiger partial charge in [0.2, 0.25) is 0 Å². The zero-order valence-electron chi connectivity index (χ0n) is 14.5. The predicted octanol–water partition coefficient (Wildman–Crippen LogP) is 3.95. The number of aryl methyl sites for hydroxylation is 2. The summed E-state index contributed by atoms with van der Waals surface area (Å²) in [6.45, 7) is 6.09. The Balaban J connectivity index is 2.26. The van der Waals surface area contributed by atoms with Crippen molar-refractivity contribution in [1.82, 2.24) is 0 Å². The van der Waals surface area contributed by atoms with Crippen LogP contribution in [0.15, 0.2) is 42.0 Å². The number of hydrogen-bond donors (Lipinski definition) is 2.